The number of nitrogens with one attached hydrogen (secondary N) is 1. The van der Waals surface area contributed by atoms with Crippen LogP contribution >= 0.6 is 27.3 Å². The van der Waals surface area contributed by atoms with Crippen LogP contribution in [0.3, 0.4) is 0 Å². The zero-order chi connectivity index (χ0) is 14.8. The zero-order valence-corrected chi connectivity index (χ0v) is 13.6. The molecular formula is C16H12BrNO2S. The standard InChI is InChI=1S/C16H12BrNO2S/c1-20-14-6-7-21-15(14)16(19)18-13-5-3-10-8-12(17)4-2-11(10)9-13/h2-9H,1H3,(H,18,19). The van der Waals surface area contributed by atoms with Crippen LogP contribution in [0.25, 0.3) is 10.8 Å². The van der Waals surface area contributed by atoms with Crippen LogP contribution in [0.5, 0.6) is 5.75 Å². The van der Waals surface area contributed by atoms with Gasteiger partial charge in [0.25, 0.3) is 5.91 Å². The number of ether oxygens (including phenoxy) is 1. The zero-order valence-electron chi connectivity index (χ0n) is 11.2. The summed E-state index contributed by atoms with van der Waals surface area (Å²) in [6, 6.07) is 13.7. The van der Waals surface area contributed by atoms with Crippen LogP contribution in [0, 0.1) is 0 Å². The fraction of sp³-hybridized carbons (Fsp3) is 0.0625. The number of thiophene rings is 1. The maximum Gasteiger partial charge on any atom is 0.269 e. The third kappa shape index (κ3) is 2.94. The SMILES string of the molecule is COc1ccsc1C(=O)Nc1ccc2cc(Br)ccc2c1. The molecule has 1 heterocycles. The first-order chi connectivity index (χ1) is 10.2. The van der Waals surface area contributed by atoms with E-state index < -0.39 is 0 Å². The molecule has 1 aromatic heterocycles. The van der Waals surface area contributed by atoms with Gasteiger partial charge in [-0.15, -0.1) is 11.3 Å². The second-order valence-electron chi connectivity index (χ2n) is 4.48. The van der Waals surface area contributed by atoms with E-state index in [2.05, 4.69) is 21.2 Å². The summed E-state index contributed by atoms with van der Waals surface area (Å²) in [6.45, 7) is 0. The fourth-order valence-electron chi connectivity index (χ4n) is 2.11. The Morgan fingerprint density at radius 1 is 1.14 bits per heavy atom. The number of carbonyl (C=O) groups excluding carboxylic acids is 1. The number of halogens is 1. The summed E-state index contributed by atoms with van der Waals surface area (Å²) in [4.78, 5) is 12.8. The van der Waals surface area contributed by atoms with Crippen molar-refractivity contribution in [1.29, 1.82) is 0 Å². The van der Waals surface area contributed by atoms with Gasteiger partial charge in [0.1, 0.15) is 10.6 Å². The lowest BCUT2D eigenvalue weighted by molar-refractivity contribution is 0.102. The van der Waals surface area contributed by atoms with Gasteiger partial charge in [-0.1, -0.05) is 28.1 Å². The highest BCUT2D eigenvalue weighted by molar-refractivity contribution is 9.10. The first-order valence-electron chi connectivity index (χ1n) is 6.29. The molecule has 0 fully saturated rings. The van der Waals surface area contributed by atoms with Crippen LogP contribution in [0.1, 0.15) is 9.67 Å². The predicted octanol–water partition coefficient (Wildman–Crippen LogP) is 4.92. The summed E-state index contributed by atoms with van der Waals surface area (Å²) in [5, 5.41) is 6.94. The van der Waals surface area contributed by atoms with Gasteiger partial charge in [0, 0.05) is 10.2 Å². The highest BCUT2D eigenvalue weighted by Crippen LogP contribution is 2.27. The van der Waals surface area contributed by atoms with Crippen molar-refractivity contribution < 1.29 is 9.53 Å². The third-order valence-electron chi connectivity index (χ3n) is 3.12. The monoisotopic (exact) mass is 361 g/mol. The predicted molar refractivity (Wildman–Crippen MR) is 90.5 cm³/mol. The fourth-order valence-corrected chi connectivity index (χ4v) is 3.24. The molecule has 3 rings (SSSR count). The van der Waals surface area contributed by atoms with Crippen molar-refractivity contribution >= 4 is 49.6 Å². The van der Waals surface area contributed by atoms with E-state index in [1.54, 1.807) is 13.2 Å². The highest BCUT2D eigenvalue weighted by atomic mass is 79.9. The smallest absolute Gasteiger partial charge is 0.269 e. The molecule has 5 heteroatoms. The van der Waals surface area contributed by atoms with Crippen molar-refractivity contribution in [3.8, 4) is 5.75 Å². The Labute approximate surface area is 134 Å². The van der Waals surface area contributed by atoms with E-state index in [1.807, 2.05) is 41.8 Å². The minimum Gasteiger partial charge on any atom is -0.495 e. The Balaban J connectivity index is 1.88. The Kier molecular flexibility index (Phi) is 3.94. The van der Waals surface area contributed by atoms with Gasteiger partial charge < -0.3 is 10.1 Å². The van der Waals surface area contributed by atoms with E-state index in [4.69, 9.17) is 4.74 Å². The Morgan fingerprint density at radius 2 is 1.90 bits per heavy atom. The van der Waals surface area contributed by atoms with Gasteiger partial charge in [-0.2, -0.15) is 0 Å². The molecule has 0 radical (unpaired) electrons. The first kappa shape index (κ1) is 14.1. The summed E-state index contributed by atoms with van der Waals surface area (Å²) in [5.74, 6) is 0.445. The van der Waals surface area contributed by atoms with Crippen LogP contribution < -0.4 is 10.1 Å². The van der Waals surface area contributed by atoms with Crippen molar-refractivity contribution in [2.24, 2.45) is 0 Å². The van der Waals surface area contributed by atoms with Gasteiger partial charge in [0.2, 0.25) is 0 Å². The topological polar surface area (TPSA) is 38.3 Å². The molecule has 0 spiro atoms. The molecule has 106 valence electrons. The number of fused-ring (bicyclic) bond motifs is 1. The lowest BCUT2D eigenvalue weighted by Crippen LogP contribution is -2.11. The summed E-state index contributed by atoms with van der Waals surface area (Å²) in [6.07, 6.45) is 0. The molecule has 0 aliphatic rings. The molecule has 0 aliphatic heterocycles. The van der Waals surface area contributed by atoms with Crippen LogP contribution in [0.2, 0.25) is 0 Å². The van der Waals surface area contributed by atoms with Gasteiger partial charge in [0.15, 0.2) is 0 Å². The van der Waals surface area contributed by atoms with Crippen molar-refractivity contribution in [1.82, 2.24) is 0 Å². The number of amides is 1. The largest absolute Gasteiger partial charge is 0.495 e. The normalized spacial score (nSPS) is 10.6. The van der Waals surface area contributed by atoms with Gasteiger partial charge >= 0.3 is 0 Å². The Morgan fingerprint density at radius 3 is 2.71 bits per heavy atom. The molecule has 21 heavy (non-hydrogen) atoms. The number of methoxy groups -OCH3 is 1. The van der Waals surface area contributed by atoms with Crippen LogP contribution in [0.4, 0.5) is 5.69 Å². The minimum absolute atomic E-state index is 0.154. The van der Waals surface area contributed by atoms with E-state index in [0.717, 1.165) is 20.9 Å². The molecule has 1 N–H and O–H groups in total. The second-order valence-corrected chi connectivity index (χ2v) is 6.31. The number of carbonyl (C=O) groups is 1. The maximum atomic E-state index is 12.3. The van der Waals surface area contributed by atoms with E-state index in [1.165, 1.54) is 11.3 Å². The second kappa shape index (κ2) is 5.87. The number of anilines is 1. The molecule has 0 saturated heterocycles. The van der Waals surface area contributed by atoms with Crippen molar-refractivity contribution in [3.63, 3.8) is 0 Å². The molecule has 0 aliphatic carbocycles. The Hall–Kier alpha value is -1.85. The number of rotatable bonds is 3. The lowest BCUT2D eigenvalue weighted by Gasteiger charge is -2.07. The number of benzene rings is 2. The average Bonchev–Trinajstić information content (AvgIpc) is 2.96. The summed E-state index contributed by atoms with van der Waals surface area (Å²) >= 11 is 4.81. The van der Waals surface area contributed by atoms with Gasteiger partial charge in [-0.3, -0.25) is 4.79 Å². The van der Waals surface area contributed by atoms with Crippen molar-refractivity contribution in [2.45, 2.75) is 0 Å². The van der Waals surface area contributed by atoms with Gasteiger partial charge in [-0.25, -0.2) is 0 Å². The van der Waals surface area contributed by atoms with E-state index >= 15 is 0 Å². The quantitative estimate of drug-likeness (QED) is 0.718. The molecule has 2 aromatic carbocycles. The summed E-state index contributed by atoms with van der Waals surface area (Å²) in [5.41, 5.74) is 0.769. The van der Waals surface area contributed by atoms with E-state index in [-0.39, 0.29) is 5.91 Å². The molecule has 3 aromatic rings. The number of hydrogen-bond acceptors (Lipinski definition) is 3. The lowest BCUT2D eigenvalue weighted by atomic mass is 10.1. The molecule has 3 nitrogen and oxygen atoms in total. The third-order valence-corrected chi connectivity index (χ3v) is 4.50. The van der Waals surface area contributed by atoms with Crippen LogP contribution in [-0.2, 0) is 0 Å². The molecule has 0 bridgehead atoms. The van der Waals surface area contributed by atoms with E-state index in [0.29, 0.717) is 10.6 Å². The molecule has 1 amide bonds. The molecule has 0 atom stereocenters. The van der Waals surface area contributed by atoms with Crippen molar-refractivity contribution in [2.75, 3.05) is 12.4 Å². The molecular weight excluding hydrogens is 350 g/mol. The number of hydrogen-bond donors (Lipinski definition) is 1. The highest BCUT2D eigenvalue weighted by Gasteiger charge is 2.14. The van der Waals surface area contributed by atoms with E-state index in [9.17, 15) is 4.79 Å². The van der Waals surface area contributed by atoms with Gasteiger partial charge in [0.05, 0.1) is 7.11 Å². The molecule has 0 saturated carbocycles. The van der Waals surface area contributed by atoms with Gasteiger partial charge in [-0.05, 0) is 46.5 Å². The maximum absolute atomic E-state index is 12.3. The Bertz CT molecular complexity index is 813. The van der Waals surface area contributed by atoms with Crippen molar-refractivity contribution in [3.05, 3.63) is 57.2 Å². The average molecular weight is 362 g/mol. The summed E-state index contributed by atoms with van der Waals surface area (Å²) in [7, 11) is 1.56. The summed E-state index contributed by atoms with van der Waals surface area (Å²) < 4.78 is 6.21. The first-order valence-corrected chi connectivity index (χ1v) is 7.97. The van der Waals surface area contributed by atoms with Crippen LogP contribution in [0.15, 0.2) is 52.3 Å². The minimum atomic E-state index is -0.154. The van der Waals surface area contributed by atoms with Crippen LogP contribution in [-0.4, -0.2) is 13.0 Å². The molecule has 0 unspecified atom stereocenters.